The normalized spacial score (nSPS) is 22.4. The molecule has 0 spiro atoms. The SMILES string of the molecule is N[C@@H]1C[C@H](C(F)(F)F)CN(c2cnc(C(F)(F)F)c3ncccc23)C1. The zero-order valence-corrected chi connectivity index (χ0v) is 12.8. The number of halogens is 6. The summed E-state index contributed by atoms with van der Waals surface area (Å²) in [5.41, 5.74) is 4.34. The minimum atomic E-state index is -4.71. The molecule has 2 aromatic rings. The van der Waals surface area contributed by atoms with Crippen LogP contribution >= 0.6 is 0 Å². The van der Waals surface area contributed by atoms with Gasteiger partial charge in [-0.05, 0) is 18.6 Å². The molecule has 4 nitrogen and oxygen atoms in total. The summed E-state index contributed by atoms with van der Waals surface area (Å²) < 4.78 is 78.5. The third-order valence-electron chi connectivity index (χ3n) is 4.18. The number of fused-ring (bicyclic) bond motifs is 1. The van der Waals surface area contributed by atoms with Gasteiger partial charge in [-0.25, -0.2) is 4.98 Å². The second-order valence-corrected chi connectivity index (χ2v) is 6.03. The van der Waals surface area contributed by atoms with Crippen LogP contribution in [-0.2, 0) is 6.18 Å². The molecule has 0 bridgehead atoms. The molecule has 0 aliphatic carbocycles. The number of anilines is 1. The molecule has 1 aliphatic rings. The summed E-state index contributed by atoms with van der Waals surface area (Å²) >= 11 is 0. The van der Waals surface area contributed by atoms with Crippen molar-refractivity contribution in [2.45, 2.75) is 24.8 Å². The smallest absolute Gasteiger partial charge is 0.368 e. The van der Waals surface area contributed by atoms with Gasteiger partial charge in [-0.1, -0.05) is 0 Å². The van der Waals surface area contributed by atoms with Crippen LogP contribution in [0.3, 0.4) is 0 Å². The van der Waals surface area contributed by atoms with Crippen molar-refractivity contribution in [3.05, 3.63) is 30.2 Å². The number of piperidine rings is 1. The molecule has 1 aliphatic heterocycles. The molecule has 3 rings (SSSR count). The highest BCUT2D eigenvalue weighted by Crippen LogP contribution is 2.39. The second-order valence-electron chi connectivity index (χ2n) is 6.03. The average Bonchev–Trinajstić information content (AvgIpc) is 2.51. The van der Waals surface area contributed by atoms with Gasteiger partial charge in [-0.3, -0.25) is 4.98 Å². The molecule has 0 radical (unpaired) electrons. The van der Waals surface area contributed by atoms with Crippen molar-refractivity contribution in [1.82, 2.24) is 9.97 Å². The number of alkyl halides is 6. The Morgan fingerprint density at radius 1 is 1.08 bits per heavy atom. The molecule has 1 saturated heterocycles. The van der Waals surface area contributed by atoms with Crippen LogP contribution in [-0.4, -0.2) is 35.3 Å². The largest absolute Gasteiger partial charge is 0.435 e. The predicted molar refractivity (Wildman–Crippen MR) is 78.9 cm³/mol. The van der Waals surface area contributed by atoms with Crippen LogP contribution in [0, 0.1) is 5.92 Å². The molecular formula is C15H14F6N4. The van der Waals surface area contributed by atoms with E-state index >= 15 is 0 Å². The Bertz CT molecular complexity index is 773. The van der Waals surface area contributed by atoms with Crippen molar-refractivity contribution < 1.29 is 26.3 Å². The summed E-state index contributed by atoms with van der Waals surface area (Å²) in [6.07, 6.45) is -7.23. The van der Waals surface area contributed by atoms with Crippen LogP contribution in [0.15, 0.2) is 24.5 Å². The quantitative estimate of drug-likeness (QED) is 0.789. The van der Waals surface area contributed by atoms with E-state index in [-0.39, 0.29) is 30.6 Å². The lowest BCUT2D eigenvalue weighted by Gasteiger charge is -2.38. The molecule has 3 heterocycles. The molecule has 0 unspecified atom stereocenters. The molecule has 2 aromatic heterocycles. The van der Waals surface area contributed by atoms with Gasteiger partial charge in [0.05, 0.1) is 17.8 Å². The standard InChI is InChI=1S/C15H14F6N4/c16-14(17,18)8-4-9(22)7-25(6-8)11-5-24-13(15(19,20)21)12-10(11)2-1-3-23-12/h1-3,5,8-9H,4,6-7,22H2/t8-,9+/m0/s1. The fourth-order valence-electron chi connectivity index (χ4n) is 3.09. The molecule has 0 saturated carbocycles. The van der Waals surface area contributed by atoms with Gasteiger partial charge in [0.2, 0.25) is 0 Å². The zero-order chi connectivity index (χ0) is 18.4. The van der Waals surface area contributed by atoms with Crippen LogP contribution in [0.5, 0.6) is 0 Å². The van der Waals surface area contributed by atoms with Crippen LogP contribution in [0.25, 0.3) is 10.9 Å². The van der Waals surface area contributed by atoms with E-state index < -0.39 is 35.5 Å². The van der Waals surface area contributed by atoms with E-state index in [4.69, 9.17) is 5.73 Å². The maximum Gasteiger partial charge on any atom is 0.435 e. The Balaban J connectivity index is 2.07. The first-order chi connectivity index (χ1) is 11.6. The molecule has 10 heteroatoms. The summed E-state index contributed by atoms with van der Waals surface area (Å²) in [5, 5.41) is 0.0971. The average molecular weight is 364 g/mol. The minimum Gasteiger partial charge on any atom is -0.368 e. The van der Waals surface area contributed by atoms with Gasteiger partial charge in [0.15, 0.2) is 5.69 Å². The first-order valence-electron chi connectivity index (χ1n) is 7.45. The number of aromatic nitrogens is 2. The highest BCUT2D eigenvalue weighted by atomic mass is 19.4. The van der Waals surface area contributed by atoms with E-state index in [1.807, 2.05) is 0 Å². The van der Waals surface area contributed by atoms with Crippen LogP contribution in [0.4, 0.5) is 32.0 Å². The van der Waals surface area contributed by atoms with Gasteiger partial charge in [0, 0.05) is 30.7 Å². The summed E-state index contributed by atoms with van der Waals surface area (Å²) in [5.74, 6) is -1.65. The van der Waals surface area contributed by atoms with Gasteiger partial charge in [0.25, 0.3) is 0 Å². The van der Waals surface area contributed by atoms with E-state index in [1.165, 1.54) is 23.2 Å². The lowest BCUT2D eigenvalue weighted by atomic mass is 9.93. The Labute approximate surface area is 138 Å². The molecule has 0 aromatic carbocycles. The van der Waals surface area contributed by atoms with E-state index in [1.54, 1.807) is 0 Å². The maximum atomic E-state index is 13.1. The number of nitrogens with two attached hydrogens (primary N) is 1. The third-order valence-corrected chi connectivity index (χ3v) is 4.18. The van der Waals surface area contributed by atoms with Gasteiger partial charge in [-0.15, -0.1) is 0 Å². The summed E-state index contributed by atoms with van der Waals surface area (Å²) in [7, 11) is 0. The molecule has 0 amide bonds. The number of pyridine rings is 2. The highest BCUT2D eigenvalue weighted by molar-refractivity contribution is 5.92. The van der Waals surface area contributed by atoms with E-state index in [2.05, 4.69) is 9.97 Å². The number of hydrogen-bond donors (Lipinski definition) is 1. The van der Waals surface area contributed by atoms with Crippen LogP contribution < -0.4 is 10.6 Å². The first-order valence-corrected chi connectivity index (χ1v) is 7.45. The Kier molecular flexibility index (Phi) is 4.26. The number of nitrogens with zero attached hydrogens (tertiary/aromatic N) is 3. The molecule has 25 heavy (non-hydrogen) atoms. The molecule has 2 atom stereocenters. The molecule has 136 valence electrons. The van der Waals surface area contributed by atoms with Crippen molar-refractivity contribution in [2.24, 2.45) is 11.7 Å². The number of rotatable bonds is 1. The molecule has 1 fully saturated rings. The van der Waals surface area contributed by atoms with Gasteiger partial charge < -0.3 is 10.6 Å². The van der Waals surface area contributed by atoms with E-state index in [0.717, 1.165) is 6.20 Å². The fourth-order valence-corrected chi connectivity index (χ4v) is 3.09. The lowest BCUT2D eigenvalue weighted by molar-refractivity contribution is -0.177. The van der Waals surface area contributed by atoms with Crippen LogP contribution in [0.2, 0.25) is 0 Å². The zero-order valence-electron chi connectivity index (χ0n) is 12.8. The second kappa shape index (κ2) is 6.01. The van der Waals surface area contributed by atoms with Crippen molar-refractivity contribution in [3.63, 3.8) is 0 Å². The summed E-state index contributed by atoms with van der Waals surface area (Å²) in [6, 6.07) is 2.07. The van der Waals surface area contributed by atoms with Crippen molar-refractivity contribution >= 4 is 16.6 Å². The molecular weight excluding hydrogens is 350 g/mol. The lowest BCUT2D eigenvalue weighted by Crippen LogP contribution is -2.51. The van der Waals surface area contributed by atoms with Gasteiger partial charge in [0.1, 0.15) is 5.52 Å². The topological polar surface area (TPSA) is 55.0 Å². The maximum absolute atomic E-state index is 13.1. The van der Waals surface area contributed by atoms with Gasteiger partial charge in [-0.2, -0.15) is 26.3 Å². The fraction of sp³-hybridized carbons (Fsp3) is 0.467. The third kappa shape index (κ3) is 3.48. The van der Waals surface area contributed by atoms with Crippen molar-refractivity contribution in [2.75, 3.05) is 18.0 Å². The first kappa shape index (κ1) is 17.7. The van der Waals surface area contributed by atoms with Gasteiger partial charge >= 0.3 is 12.4 Å². The summed E-state index contributed by atoms with van der Waals surface area (Å²) in [4.78, 5) is 8.48. The number of hydrogen-bond acceptors (Lipinski definition) is 4. The van der Waals surface area contributed by atoms with Crippen molar-refractivity contribution in [1.29, 1.82) is 0 Å². The van der Waals surface area contributed by atoms with Crippen LogP contribution in [0.1, 0.15) is 12.1 Å². The highest BCUT2D eigenvalue weighted by Gasteiger charge is 2.44. The Hall–Kier alpha value is -2.10. The summed E-state index contributed by atoms with van der Waals surface area (Å²) in [6.45, 7) is -0.280. The van der Waals surface area contributed by atoms with Crippen molar-refractivity contribution in [3.8, 4) is 0 Å². The Morgan fingerprint density at radius 2 is 1.80 bits per heavy atom. The molecule has 2 N–H and O–H groups in total. The minimum absolute atomic E-state index is 0.0971. The van der Waals surface area contributed by atoms with E-state index in [0.29, 0.717) is 0 Å². The monoisotopic (exact) mass is 364 g/mol. The Morgan fingerprint density at radius 3 is 2.44 bits per heavy atom. The van der Waals surface area contributed by atoms with E-state index in [9.17, 15) is 26.3 Å². The predicted octanol–water partition coefficient (Wildman–Crippen LogP) is 3.36.